The van der Waals surface area contributed by atoms with Gasteiger partial charge in [0.05, 0.1) is 6.04 Å². The molecule has 0 aromatic rings. The Morgan fingerprint density at radius 2 is 2.21 bits per heavy atom. The van der Waals surface area contributed by atoms with E-state index in [2.05, 4.69) is 12.2 Å². The maximum absolute atomic E-state index is 11.6. The third-order valence-corrected chi connectivity index (χ3v) is 3.16. The monoisotopic (exact) mass is 198 g/mol. The zero-order valence-corrected chi connectivity index (χ0v) is 9.25. The van der Waals surface area contributed by atoms with Crippen molar-refractivity contribution >= 4 is 5.91 Å². The van der Waals surface area contributed by atoms with Crippen molar-refractivity contribution in [3.8, 4) is 0 Å². The maximum atomic E-state index is 11.6. The van der Waals surface area contributed by atoms with Crippen LogP contribution in [-0.4, -0.2) is 18.0 Å². The molecule has 2 atom stereocenters. The number of nitrogens with one attached hydrogen (secondary N) is 1. The third-order valence-electron chi connectivity index (χ3n) is 3.16. The van der Waals surface area contributed by atoms with Gasteiger partial charge in [0.15, 0.2) is 0 Å². The smallest absolute Gasteiger partial charge is 0.237 e. The van der Waals surface area contributed by atoms with Crippen LogP contribution in [0.25, 0.3) is 0 Å². The van der Waals surface area contributed by atoms with Crippen LogP contribution in [0.2, 0.25) is 0 Å². The second-order valence-corrected chi connectivity index (χ2v) is 4.38. The van der Waals surface area contributed by atoms with E-state index in [0.717, 1.165) is 12.8 Å². The summed E-state index contributed by atoms with van der Waals surface area (Å²) in [6.07, 6.45) is 5.57. The molecule has 82 valence electrons. The molecule has 1 saturated carbocycles. The van der Waals surface area contributed by atoms with Crippen LogP contribution in [0.1, 0.15) is 46.0 Å². The van der Waals surface area contributed by atoms with Crippen LogP contribution in [0, 0.1) is 5.92 Å². The van der Waals surface area contributed by atoms with Crippen molar-refractivity contribution in [2.75, 3.05) is 0 Å². The number of amides is 1. The summed E-state index contributed by atoms with van der Waals surface area (Å²) in [6.45, 7) is 4.13. The molecule has 1 aliphatic carbocycles. The first kappa shape index (κ1) is 11.5. The van der Waals surface area contributed by atoms with E-state index < -0.39 is 0 Å². The van der Waals surface area contributed by atoms with Gasteiger partial charge in [-0.2, -0.15) is 0 Å². The van der Waals surface area contributed by atoms with Crippen LogP contribution in [0.5, 0.6) is 0 Å². The average Bonchev–Trinajstić information content (AvgIpc) is 2.00. The minimum Gasteiger partial charge on any atom is -0.352 e. The molecule has 0 bridgehead atoms. The Morgan fingerprint density at radius 3 is 2.64 bits per heavy atom. The van der Waals surface area contributed by atoms with Crippen molar-refractivity contribution < 1.29 is 4.79 Å². The highest BCUT2D eigenvalue weighted by Gasteiger charge is 2.26. The van der Waals surface area contributed by atoms with E-state index in [9.17, 15) is 4.79 Å². The molecule has 0 radical (unpaired) electrons. The third kappa shape index (κ3) is 2.98. The highest BCUT2D eigenvalue weighted by molar-refractivity contribution is 5.81. The number of hydrogen-bond donors (Lipinski definition) is 2. The molecule has 1 aliphatic rings. The Labute approximate surface area is 86.4 Å². The van der Waals surface area contributed by atoms with Gasteiger partial charge in [-0.1, -0.05) is 19.8 Å². The fourth-order valence-corrected chi connectivity index (χ4v) is 1.83. The quantitative estimate of drug-likeness (QED) is 0.702. The van der Waals surface area contributed by atoms with Crippen molar-refractivity contribution in [3.05, 3.63) is 0 Å². The maximum Gasteiger partial charge on any atom is 0.237 e. The molecular weight excluding hydrogens is 176 g/mol. The summed E-state index contributed by atoms with van der Waals surface area (Å²) < 4.78 is 0. The number of carbonyl (C=O) groups excluding carboxylic acids is 1. The minimum absolute atomic E-state index is 0.0197. The molecule has 14 heavy (non-hydrogen) atoms. The molecule has 1 amide bonds. The van der Waals surface area contributed by atoms with Gasteiger partial charge in [-0.05, 0) is 32.1 Å². The van der Waals surface area contributed by atoms with Crippen LogP contribution in [0.15, 0.2) is 0 Å². The lowest BCUT2D eigenvalue weighted by Crippen LogP contribution is -2.47. The van der Waals surface area contributed by atoms with Gasteiger partial charge in [-0.25, -0.2) is 0 Å². The lowest BCUT2D eigenvalue weighted by atomic mass is 9.80. The van der Waals surface area contributed by atoms with E-state index >= 15 is 0 Å². The van der Waals surface area contributed by atoms with Gasteiger partial charge in [0.1, 0.15) is 0 Å². The van der Waals surface area contributed by atoms with E-state index in [1.807, 2.05) is 6.92 Å². The van der Waals surface area contributed by atoms with Gasteiger partial charge in [-0.3, -0.25) is 4.79 Å². The number of rotatable bonds is 5. The van der Waals surface area contributed by atoms with Crippen molar-refractivity contribution in [2.45, 2.75) is 58.0 Å². The predicted octanol–water partition coefficient (Wildman–Crippen LogP) is 1.42. The summed E-state index contributed by atoms with van der Waals surface area (Å²) in [4.78, 5) is 11.6. The zero-order chi connectivity index (χ0) is 10.6. The Hall–Kier alpha value is -0.570. The van der Waals surface area contributed by atoms with Crippen LogP contribution >= 0.6 is 0 Å². The van der Waals surface area contributed by atoms with Crippen molar-refractivity contribution in [2.24, 2.45) is 11.7 Å². The summed E-state index contributed by atoms with van der Waals surface area (Å²) in [7, 11) is 0. The van der Waals surface area contributed by atoms with Crippen LogP contribution < -0.4 is 11.1 Å². The molecule has 0 heterocycles. The lowest BCUT2D eigenvalue weighted by molar-refractivity contribution is -0.123. The topological polar surface area (TPSA) is 55.1 Å². The normalized spacial score (nSPS) is 21.1. The highest BCUT2D eigenvalue weighted by Crippen LogP contribution is 2.29. The van der Waals surface area contributed by atoms with Crippen LogP contribution in [0.4, 0.5) is 0 Å². The van der Waals surface area contributed by atoms with Crippen LogP contribution in [0.3, 0.4) is 0 Å². The van der Waals surface area contributed by atoms with Crippen molar-refractivity contribution in [3.63, 3.8) is 0 Å². The van der Waals surface area contributed by atoms with Gasteiger partial charge >= 0.3 is 0 Å². The van der Waals surface area contributed by atoms with Gasteiger partial charge in [-0.15, -0.1) is 0 Å². The molecule has 0 saturated heterocycles. The Kier molecular flexibility index (Phi) is 4.39. The molecular formula is C11H22N2O. The fraction of sp³-hybridized carbons (Fsp3) is 0.909. The van der Waals surface area contributed by atoms with E-state index in [1.54, 1.807) is 0 Å². The first-order valence-corrected chi connectivity index (χ1v) is 5.71. The second kappa shape index (κ2) is 5.35. The molecule has 0 aromatic heterocycles. The summed E-state index contributed by atoms with van der Waals surface area (Å²) in [5.74, 6) is 0.707. The fourth-order valence-electron chi connectivity index (χ4n) is 1.83. The highest BCUT2D eigenvalue weighted by atomic mass is 16.2. The van der Waals surface area contributed by atoms with Crippen molar-refractivity contribution in [1.29, 1.82) is 0 Å². The minimum atomic E-state index is -0.317. The first-order valence-electron chi connectivity index (χ1n) is 5.71. The lowest BCUT2D eigenvalue weighted by Gasteiger charge is -2.32. The molecule has 3 N–H and O–H groups in total. The summed E-state index contributed by atoms with van der Waals surface area (Å²) in [6, 6.07) is -0.0123. The van der Waals surface area contributed by atoms with E-state index in [1.165, 1.54) is 19.3 Å². The largest absolute Gasteiger partial charge is 0.352 e. The number of hydrogen-bond acceptors (Lipinski definition) is 2. The molecule has 1 rings (SSSR count). The molecule has 1 unspecified atom stereocenters. The average molecular weight is 198 g/mol. The summed E-state index contributed by atoms with van der Waals surface area (Å²) >= 11 is 0. The summed E-state index contributed by atoms with van der Waals surface area (Å²) in [5, 5.41) is 3.00. The molecule has 0 aliphatic heterocycles. The molecule has 0 spiro atoms. The SMILES string of the molecule is CCC[C@H](N)C(=O)NC(C)C1CCC1. The van der Waals surface area contributed by atoms with Gasteiger partial charge in [0.2, 0.25) is 5.91 Å². The molecule has 0 aromatic carbocycles. The van der Waals surface area contributed by atoms with Gasteiger partial charge < -0.3 is 11.1 Å². The Morgan fingerprint density at radius 1 is 1.57 bits per heavy atom. The zero-order valence-electron chi connectivity index (χ0n) is 9.25. The standard InChI is InChI=1S/C11H22N2O/c1-3-5-10(12)11(14)13-8(2)9-6-4-7-9/h8-10H,3-7,12H2,1-2H3,(H,13,14)/t8?,10-/m0/s1. The van der Waals surface area contributed by atoms with E-state index in [0.29, 0.717) is 12.0 Å². The number of carbonyl (C=O) groups is 1. The Bertz CT molecular complexity index is 190. The number of nitrogens with two attached hydrogens (primary N) is 1. The first-order chi connectivity index (χ1) is 6.65. The predicted molar refractivity (Wildman–Crippen MR) is 57.8 cm³/mol. The summed E-state index contributed by atoms with van der Waals surface area (Å²) in [5.41, 5.74) is 5.72. The molecule has 3 nitrogen and oxygen atoms in total. The molecule has 3 heteroatoms. The van der Waals surface area contributed by atoms with Gasteiger partial charge in [0, 0.05) is 6.04 Å². The van der Waals surface area contributed by atoms with Crippen LogP contribution in [-0.2, 0) is 4.79 Å². The van der Waals surface area contributed by atoms with E-state index in [4.69, 9.17) is 5.73 Å². The second-order valence-electron chi connectivity index (χ2n) is 4.38. The molecule has 1 fully saturated rings. The Balaban J connectivity index is 2.24. The van der Waals surface area contributed by atoms with Gasteiger partial charge in [0.25, 0.3) is 0 Å². The van der Waals surface area contributed by atoms with Crippen molar-refractivity contribution in [1.82, 2.24) is 5.32 Å². The van der Waals surface area contributed by atoms with E-state index in [-0.39, 0.29) is 11.9 Å².